The molecule has 1 heterocycles. The molecular formula is C12H14N2O4. The van der Waals surface area contributed by atoms with Crippen LogP contribution < -0.4 is 10.1 Å². The summed E-state index contributed by atoms with van der Waals surface area (Å²) in [5, 5.41) is 2.55. The molecule has 1 aliphatic heterocycles. The lowest BCUT2D eigenvalue weighted by molar-refractivity contribution is 0.131. The highest BCUT2D eigenvalue weighted by Crippen LogP contribution is 2.09. The lowest BCUT2D eigenvalue weighted by Crippen LogP contribution is -2.35. The van der Waals surface area contributed by atoms with Crippen molar-refractivity contribution in [3.8, 4) is 5.75 Å². The van der Waals surface area contributed by atoms with Gasteiger partial charge in [-0.25, -0.2) is 9.59 Å². The third-order valence-corrected chi connectivity index (χ3v) is 2.48. The molecule has 1 fully saturated rings. The number of benzene rings is 1. The van der Waals surface area contributed by atoms with E-state index in [4.69, 9.17) is 9.47 Å². The Hall–Kier alpha value is -2.24. The van der Waals surface area contributed by atoms with Crippen molar-refractivity contribution in [3.05, 3.63) is 30.3 Å². The zero-order valence-electron chi connectivity index (χ0n) is 9.96. The normalized spacial score (nSPS) is 18.4. The van der Waals surface area contributed by atoms with Gasteiger partial charge in [-0.15, -0.1) is 0 Å². The van der Waals surface area contributed by atoms with Crippen molar-refractivity contribution >= 4 is 12.2 Å². The molecule has 1 atom stereocenters. The van der Waals surface area contributed by atoms with E-state index in [2.05, 4.69) is 5.32 Å². The van der Waals surface area contributed by atoms with Crippen LogP contribution in [0.3, 0.4) is 0 Å². The fraction of sp³-hybridized carbons (Fsp3) is 0.333. The van der Waals surface area contributed by atoms with Gasteiger partial charge in [-0.05, 0) is 12.1 Å². The van der Waals surface area contributed by atoms with Gasteiger partial charge in [-0.1, -0.05) is 18.2 Å². The molecule has 18 heavy (non-hydrogen) atoms. The van der Waals surface area contributed by atoms with E-state index in [-0.39, 0.29) is 18.7 Å². The Morgan fingerprint density at radius 2 is 2.22 bits per heavy atom. The number of cyclic esters (lactones) is 1. The molecule has 1 aromatic carbocycles. The maximum absolute atomic E-state index is 11.4. The van der Waals surface area contributed by atoms with E-state index < -0.39 is 6.09 Å². The number of amides is 2. The van der Waals surface area contributed by atoms with Crippen molar-refractivity contribution in [1.29, 1.82) is 0 Å². The minimum atomic E-state index is -0.563. The lowest BCUT2D eigenvalue weighted by Gasteiger charge is -2.09. The molecule has 6 heteroatoms. The molecule has 1 aromatic rings. The maximum atomic E-state index is 11.4. The summed E-state index contributed by atoms with van der Waals surface area (Å²) >= 11 is 0. The molecule has 2 amide bonds. The second kappa shape index (κ2) is 5.39. The Balaban J connectivity index is 1.74. The third kappa shape index (κ3) is 3.13. The van der Waals surface area contributed by atoms with Crippen LogP contribution in [0, 0.1) is 0 Å². The van der Waals surface area contributed by atoms with Gasteiger partial charge in [0.1, 0.15) is 11.9 Å². The average molecular weight is 250 g/mol. The Kier molecular flexibility index (Phi) is 3.66. The molecule has 0 radical (unpaired) electrons. The van der Waals surface area contributed by atoms with Crippen molar-refractivity contribution in [1.82, 2.24) is 10.2 Å². The van der Waals surface area contributed by atoms with Gasteiger partial charge in [0.25, 0.3) is 0 Å². The summed E-state index contributed by atoms with van der Waals surface area (Å²) in [5.74, 6) is 0.468. The molecule has 1 unspecified atom stereocenters. The van der Waals surface area contributed by atoms with Crippen LogP contribution in [0.15, 0.2) is 30.3 Å². The van der Waals surface area contributed by atoms with E-state index in [1.165, 1.54) is 4.90 Å². The predicted octanol–water partition coefficient (Wildman–Crippen LogP) is 1.23. The fourth-order valence-electron chi connectivity index (χ4n) is 1.58. The minimum absolute atomic E-state index is 0.238. The number of para-hydroxylation sites is 1. The zero-order chi connectivity index (χ0) is 13.0. The van der Waals surface area contributed by atoms with Crippen molar-refractivity contribution in [3.63, 3.8) is 0 Å². The van der Waals surface area contributed by atoms with E-state index in [1.54, 1.807) is 31.3 Å². The molecule has 0 spiro atoms. The SMILES string of the molecule is CN1CC(CNC(=O)Oc2ccccc2)OC1=O. The average Bonchev–Trinajstić information content (AvgIpc) is 2.68. The molecular weight excluding hydrogens is 236 g/mol. The Morgan fingerprint density at radius 3 is 2.83 bits per heavy atom. The van der Waals surface area contributed by atoms with Gasteiger partial charge >= 0.3 is 12.2 Å². The molecule has 0 aliphatic carbocycles. The topological polar surface area (TPSA) is 67.9 Å². The van der Waals surface area contributed by atoms with Gasteiger partial charge in [-0.3, -0.25) is 0 Å². The Bertz CT molecular complexity index is 435. The van der Waals surface area contributed by atoms with Crippen molar-refractivity contribution < 1.29 is 19.1 Å². The summed E-state index contributed by atoms with van der Waals surface area (Å²) in [5.41, 5.74) is 0. The summed E-state index contributed by atoms with van der Waals surface area (Å²) < 4.78 is 10.0. The van der Waals surface area contributed by atoms with Gasteiger partial charge < -0.3 is 19.7 Å². The summed E-state index contributed by atoms with van der Waals surface area (Å²) in [6, 6.07) is 8.75. The maximum Gasteiger partial charge on any atom is 0.412 e. The molecule has 6 nitrogen and oxygen atoms in total. The second-order valence-corrected chi connectivity index (χ2v) is 3.97. The molecule has 1 saturated heterocycles. The predicted molar refractivity (Wildman–Crippen MR) is 63.4 cm³/mol. The number of hydrogen-bond acceptors (Lipinski definition) is 4. The van der Waals surface area contributed by atoms with Gasteiger partial charge in [0.15, 0.2) is 0 Å². The number of likely N-dealkylation sites (N-methyl/N-ethyl adjacent to an activating group) is 1. The van der Waals surface area contributed by atoms with Gasteiger partial charge in [-0.2, -0.15) is 0 Å². The van der Waals surface area contributed by atoms with E-state index in [9.17, 15) is 9.59 Å². The van der Waals surface area contributed by atoms with E-state index in [1.807, 2.05) is 6.07 Å². The number of carbonyl (C=O) groups excluding carboxylic acids is 2. The number of nitrogens with one attached hydrogen (secondary N) is 1. The van der Waals surface area contributed by atoms with Crippen LogP contribution in [0.1, 0.15) is 0 Å². The first kappa shape index (κ1) is 12.2. The van der Waals surface area contributed by atoms with Crippen LogP contribution in [0.4, 0.5) is 9.59 Å². The molecule has 96 valence electrons. The van der Waals surface area contributed by atoms with Crippen LogP contribution in [0.5, 0.6) is 5.75 Å². The lowest BCUT2D eigenvalue weighted by atomic mass is 10.3. The molecule has 0 bridgehead atoms. The molecule has 2 rings (SSSR count). The standard InChI is InChI=1S/C12H14N2O4/c1-14-8-10(18-12(14)16)7-13-11(15)17-9-5-3-2-4-6-9/h2-6,10H,7-8H2,1H3,(H,13,15). The summed E-state index contributed by atoms with van der Waals surface area (Å²) in [6.07, 6.45) is -1.27. The van der Waals surface area contributed by atoms with Gasteiger partial charge in [0.2, 0.25) is 0 Å². The van der Waals surface area contributed by atoms with E-state index >= 15 is 0 Å². The van der Waals surface area contributed by atoms with Crippen LogP contribution in [0.25, 0.3) is 0 Å². The number of hydrogen-bond donors (Lipinski definition) is 1. The van der Waals surface area contributed by atoms with Crippen LogP contribution in [-0.4, -0.2) is 43.3 Å². The highest BCUT2D eigenvalue weighted by molar-refractivity contribution is 5.71. The fourth-order valence-corrected chi connectivity index (χ4v) is 1.58. The minimum Gasteiger partial charge on any atom is -0.442 e. The first-order chi connectivity index (χ1) is 8.65. The van der Waals surface area contributed by atoms with Gasteiger partial charge in [0.05, 0.1) is 13.1 Å². The molecule has 1 N–H and O–H groups in total. The van der Waals surface area contributed by atoms with Crippen LogP contribution in [0.2, 0.25) is 0 Å². The van der Waals surface area contributed by atoms with E-state index in [0.717, 1.165) is 0 Å². The van der Waals surface area contributed by atoms with Crippen molar-refractivity contribution in [2.45, 2.75) is 6.10 Å². The highest BCUT2D eigenvalue weighted by atomic mass is 16.6. The van der Waals surface area contributed by atoms with Gasteiger partial charge in [0, 0.05) is 7.05 Å². The Labute approximate surface area is 104 Å². The Morgan fingerprint density at radius 1 is 1.50 bits per heavy atom. The number of ether oxygens (including phenoxy) is 2. The smallest absolute Gasteiger partial charge is 0.412 e. The highest BCUT2D eigenvalue weighted by Gasteiger charge is 2.28. The summed E-state index contributed by atoms with van der Waals surface area (Å²) in [7, 11) is 1.64. The first-order valence-electron chi connectivity index (χ1n) is 5.57. The molecule has 0 aromatic heterocycles. The van der Waals surface area contributed by atoms with E-state index in [0.29, 0.717) is 12.3 Å². The first-order valence-corrected chi connectivity index (χ1v) is 5.57. The summed E-state index contributed by atoms with van der Waals surface area (Å²) in [4.78, 5) is 24.0. The molecule has 0 saturated carbocycles. The number of carbonyl (C=O) groups is 2. The monoisotopic (exact) mass is 250 g/mol. The van der Waals surface area contributed by atoms with Crippen LogP contribution in [-0.2, 0) is 4.74 Å². The number of rotatable bonds is 3. The quantitative estimate of drug-likeness (QED) is 0.876. The molecule has 1 aliphatic rings. The third-order valence-electron chi connectivity index (χ3n) is 2.48. The second-order valence-electron chi connectivity index (χ2n) is 3.97. The number of nitrogens with zero attached hydrogens (tertiary/aromatic N) is 1. The largest absolute Gasteiger partial charge is 0.442 e. The van der Waals surface area contributed by atoms with Crippen LogP contribution >= 0.6 is 0 Å². The summed E-state index contributed by atoms with van der Waals surface area (Å²) in [6.45, 7) is 0.701. The zero-order valence-corrected chi connectivity index (χ0v) is 9.96. The van der Waals surface area contributed by atoms with Crippen molar-refractivity contribution in [2.75, 3.05) is 20.1 Å². The van der Waals surface area contributed by atoms with Crippen molar-refractivity contribution in [2.24, 2.45) is 0 Å².